The van der Waals surface area contributed by atoms with E-state index in [1.807, 2.05) is 11.8 Å². The van der Waals surface area contributed by atoms with Crippen molar-refractivity contribution in [1.29, 1.82) is 0 Å². The van der Waals surface area contributed by atoms with Gasteiger partial charge in [0.05, 0.1) is 5.92 Å². The molecule has 0 saturated carbocycles. The van der Waals surface area contributed by atoms with Gasteiger partial charge in [-0.15, -0.1) is 0 Å². The first-order valence-electron chi connectivity index (χ1n) is 7.40. The van der Waals surface area contributed by atoms with E-state index in [0.29, 0.717) is 18.4 Å². The maximum atomic E-state index is 12.8. The lowest BCUT2D eigenvalue weighted by molar-refractivity contribution is -0.187. The molecule has 0 radical (unpaired) electrons. The molecule has 5 heteroatoms. The molecule has 0 aromatic rings. The highest BCUT2D eigenvalue weighted by Gasteiger charge is 2.42. The van der Waals surface area contributed by atoms with Gasteiger partial charge in [-0.2, -0.15) is 13.2 Å². The van der Waals surface area contributed by atoms with Gasteiger partial charge in [-0.1, -0.05) is 27.2 Å². The molecule has 114 valence electrons. The zero-order chi connectivity index (χ0) is 14.5. The number of alkyl halides is 3. The Balaban J connectivity index is 2.54. The van der Waals surface area contributed by atoms with Crippen molar-refractivity contribution >= 4 is 0 Å². The van der Waals surface area contributed by atoms with Crippen LogP contribution >= 0.6 is 0 Å². The SMILES string of the molecule is CCNC(CN1CCCC(C(F)(F)F)C1)C(C)CC. The molecule has 0 aromatic heterocycles. The van der Waals surface area contributed by atoms with Gasteiger partial charge in [0.25, 0.3) is 0 Å². The first kappa shape index (κ1) is 16.8. The zero-order valence-electron chi connectivity index (χ0n) is 12.3. The molecule has 0 bridgehead atoms. The fourth-order valence-electron chi connectivity index (χ4n) is 2.76. The first-order chi connectivity index (χ1) is 8.88. The standard InChI is InChI=1S/C14H27F3N2/c1-4-11(3)13(18-5-2)10-19-8-6-7-12(9-19)14(15,16)17/h11-13,18H,4-10H2,1-3H3. The van der Waals surface area contributed by atoms with Crippen LogP contribution in [-0.4, -0.2) is 43.3 Å². The molecule has 1 rings (SSSR count). The van der Waals surface area contributed by atoms with Gasteiger partial charge in [-0.3, -0.25) is 0 Å². The van der Waals surface area contributed by atoms with Crippen LogP contribution in [0.4, 0.5) is 13.2 Å². The van der Waals surface area contributed by atoms with Gasteiger partial charge in [-0.05, 0) is 31.8 Å². The average molecular weight is 280 g/mol. The monoisotopic (exact) mass is 280 g/mol. The summed E-state index contributed by atoms with van der Waals surface area (Å²) in [6.45, 7) is 8.90. The summed E-state index contributed by atoms with van der Waals surface area (Å²) in [7, 11) is 0. The number of piperidine rings is 1. The quantitative estimate of drug-likeness (QED) is 0.803. The lowest BCUT2D eigenvalue weighted by Crippen LogP contribution is -2.49. The van der Waals surface area contributed by atoms with Crippen molar-refractivity contribution in [2.45, 2.75) is 52.3 Å². The molecule has 0 aromatic carbocycles. The highest BCUT2D eigenvalue weighted by Crippen LogP contribution is 2.33. The molecule has 0 amide bonds. The van der Waals surface area contributed by atoms with Crippen molar-refractivity contribution in [3.63, 3.8) is 0 Å². The van der Waals surface area contributed by atoms with Gasteiger partial charge in [0.1, 0.15) is 0 Å². The summed E-state index contributed by atoms with van der Waals surface area (Å²) in [5.41, 5.74) is 0. The van der Waals surface area contributed by atoms with Crippen LogP contribution < -0.4 is 5.32 Å². The number of rotatable bonds is 6. The third kappa shape index (κ3) is 5.30. The molecule has 0 spiro atoms. The molecular formula is C14H27F3N2. The second-order valence-corrected chi connectivity index (χ2v) is 5.69. The minimum absolute atomic E-state index is 0.168. The molecule has 0 aliphatic carbocycles. The molecule has 1 aliphatic rings. The van der Waals surface area contributed by atoms with Crippen molar-refractivity contribution in [3.8, 4) is 0 Å². The Bertz CT molecular complexity index is 256. The molecule has 19 heavy (non-hydrogen) atoms. The number of hydrogen-bond acceptors (Lipinski definition) is 2. The van der Waals surface area contributed by atoms with Crippen LogP contribution in [0.2, 0.25) is 0 Å². The highest BCUT2D eigenvalue weighted by atomic mass is 19.4. The van der Waals surface area contributed by atoms with E-state index in [9.17, 15) is 13.2 Å². The fourth-order valence-corrected chi connectivity index (χ4v) is 2.76. The predicted molar refractivity (Wildman–Crippen MR) is 72.1 cm³/mol. The van der Waals surface area contributed by atoms with Gasteiger partial charge >= 0.3 is 6.18 Å². The maximum Gasteiger partial charge on any atom is 0.393 e. The number of nitrogens with zero attached hydrogens (tertiary/aromatic N) is 1. The van der Waals surface area contributed by atoms with E-state index >= 15 is 0 Å². The third-order valence-corrected chi connectivity index (χ3v) is 4.22. The first-order valence-corrected chi connectivity index (χ1v) is 7.40. The topological polar surface area (TPSA) is 15.3 Å². The zero-order valence-corrected chi connectivity index (χ0v) is 12.3. The Morgan fingerprint density at radius 3 is 2.53 bits per heavy atom. The highest BCUT2D eigenvalue weighted by molar-refractivity contribution is 4.82. The molecule has 1 heterocycles. The summed E-state index contributed by atoms with van der Waals surface area (Å²) in [6, 6.07) is 0.294. The van der Waals surface area contributed by atoms with E-state index in [1.54, 1.807) is 0 Å². The van der Waals surface area contributed by atoms with Gasteiger partial charge in [-0.25, -0.2) is 0 Å². The molecule has 1 saturated heterocycles. The minimum Gasteiger partial charge on any atom is -0.313 e. The number of halogens is 3. The average Bonchev–Trinajstić information content (AvgIpc) is 2.36. The van der Waals surface area contributed by atoms with Crippen LogP contribution in [0.3, 0.4) is 0 Å². The summed E-state index contributed by atoms with van der Waals surface area (Å²) in [5.74, 6) is -0.647. The molecule has 1 aliphatic heterocycles. The van der Waals surface area contributed by atoms with Crippen molar-refractivity contribution in [2.75, 3.05) is 26.2 Å². The fraction of sp³-hybridized carbons (Fsp3) is 1.00. The third-order valence-electron chi connectivity index (χ3n) is 4.22. The molecular weight excluding hydrogens is 253 g/mol. The van der Waals surface area contributed by atoms with E-state index < -0.39 is 12.1 Å². The summed E-state index contributed by atoms with van der Waals surface area (Å²) < 4.78 is 38.3. The molecule has 3 unspecified atom stereocenters. The maximum absolute atomic E-state index is 12.8. The van der Waals surface area contributed by atoms with E-state index in [4.69, 9.17) is 0 Å². The van der Waals surface area contributed by atoms with Gasteiger partial charge < -0.3 is 10.2 Å². The van der Waals surface area contributed by atoms with Crippen LogP contribution in [0.1, 0.15) is 40.0 Å². The minimum atomic E-state index is -4.04. The van der Waals surface area contributed by atoms with Crippen LogP contribution in [0.15, 0.2) is 0 Å². The van der Waals surface area contributed by atoms with E-state index in [0.717, 1.165) is 26.1 Å². The Morgan fingerprint density at radius 2 is 2.00 bits per heavy atom. The number of likely N-dealkylation sites (tertiary alicyclic amines) is 1. The van der Waals surface area contributed by atoms with Crippen molar-refractivity contribution in [2.24, 2.45) is 11.8 Å². The lowest BCUT2D eigenvalue weighted by Gasteiger charge is -2.37. The van der Waals surface area contributed by atoms with Gasteiger partial charge in [0.2, 0.25) is 0 Å². The number of hydrogen-bond donors (Lipinski definition) is 1. The van der Waals surface area contributed by atoms with E-state index in [-0.39, 0.29) is 13.0 Å². The lowest BCUT2D eigenvalue weighted by atomic mass is 9.94. The van der Waals surface area contributed by atoms with Gasteiger partial charge in [0, 0.05) is 19.1 Å². The van der Waals surface area contributed by atoms with Crippen LogP contribution in [0.25, 0.3) is 0 Å². The summed E-state index contributed by atoms with van der Waals surface area (Å²) in [5, 5.41) is 3.41. The second kappa shape index (κ2) is 7.48. The predicted octanol–water partition coefficient (Wildman–Crippen LogP) is 3.28. The Kier molecular flexibility index (Phi) is 6.60. The largest absolute Gasteiger partial charge is 0.393 e. The Morgan fingerprint density at radius 1 is 1.32 bits per heavy atom. The van der Waals surface area contributed by atoms with Crippen LogP contribution in [0, 0.1) is 11.8 Å². The summed E-state index contributed by atoms with van der Waals surface area (Å²) in [6.07, 6.45) is -2.05. The normalized spacial score (nSPS) is 25.3. The van der Waals surface area contributed by atoms with Crippen molar-refractivity contribution in [3.05, 3.63) is 0 Å². The summed E-state index contributed by atoms with van der Waals surface area (Å²) >= 11 is 0. The molecule has 1 N–H and O–H groups in total. The molecule has 1 fully saturated rings. The van der Waals surface area contributed by atoms with Crippen molar-refractivity contribution < 1.29 is 13.2 Å². The van der Waals surface area contributed by atoms with Crippen LogP contribution in [0.5, 0.6) is 0 Å². The van der Waals surface area contributed by atoms with Crippen LogP contribution in [-0.2, 0) is 0 Å². The molecule has 2 nitrogen and oxygen atoms in total. The Hall–Kier alpha value is -0.290. The number of likely N-dealkylation sites (N-methyl/N-ethyl adjacent to an activating group) is 1. The van der Waals surface area contributed by atoms with Gasteiger partial charge in [0.15, 0.2) is 0 Å². The second-order valence-electron chi connectivity index (χ2n) is 5.69. The van der Waals surface area contributed by atoms with E-state index in [2.05, 4.69) is 19.2 Å². The van der Waals surface area contributed by atoms with E-state index in [1.165, 1.54) is 0 Å². The molecule has 3 atom stereocenters. The summed E-state index contributed by atoms with van der Waals surface area (Å²) in [4.78, 5) is 1.99. The number of nitrogens with one attached hydrogen (secondary N) is 1. The van der Waals surface area contributed by atoms with Crippen molar-refractivity contribution in [1.82, 2.24) is 10.2 Å². The smallest absolute Gasteiger partial charge is 0.313 e. The Labute approximate surface area is 114 Å².